The molecule has 84 valence electrons. The van der Waals surface area contributed by atoms with E-state index in [0.717, 1.165) is 12.8 Å². The molecule has 1 atom stereocenters. The Balaban J connectivity index is 2.17. The molecule has 3 nitrogen and oxygen atoms in total. The van der Waals surface area contributed by atoms with Crippen LogP contribution < -0.4 is 5.73 Å². The molecule has 1 aromatic rings. The Kier molecular flexibility index (Phi) is 3.04. The van der Waals surface area contributed by atoms with E-state index in [9.17, 15) is 9.59 Å². The molecule has 1 aromatic carbocycles. The number of nitrogen functional groups attached to an aromatic ring is 1. The lowest BCUT2D eigenvalue weighted by atomic mass is 9.83. The Morgan fingerprint density at radius 2 is 1.88 bits per heavy atom. The van der Waals surface area contributed by atoms with Crippen LogP contribution >= 0.6 is 0 Å². The number of carbonyl (C=O) groups is 2. The van der Waals surface area contributed by atoms with Gasteiger partial charge in [-0.15, -0.1) is 0 Å². The number of hydrogen-bond donors (Lipinski definition) is 1. The number of Topliss-reactive ketones (excluding diaryl/α,β-unsaturated/α-hetero) is 2. The van der Waals surface area contributed by atoms with Crippen molar-refractivity contribution in [3.05, 3.63) is 29.8 Å². The predicted octanol–water partition coefficient (Wildman–Crippen LogP) is 2.21. The van der Waals surface area contributed by atoms with Gasteiger partial charge in [-0.3, -0.25) is 9.59 Å². The molecule has 2 rings (SSSR count). The van der Waals surface area contributed by atoms with Crippen molar-refractivity contribution in [1.82, 2.24) is 0 Å². The first-order valence-corrected chi connectivity index (χ1v) is 5.61. The molecular formula is C13H15NO2. The van der Waals surface area contributed by atoms with E-state index in [2.05, 4.69) is 0 Å². The fourth-order valence-corrected chi connectivity index (χ4v) is 2.11. The van der Waals surface area contributed by atoms with Crippen molar-refractivity contribution in [2.45, 2.75) is 25.7 Å². The van der Waals surface area contributed by atoms with E-state index >= 15 is 0 Å². The maximum absolute atomic E-state index is 12.1. The van der Waals surface area contributed by atoms with Crippen LogP contribution in [0.2, 0.25) is 0 Å². The zero-order valence-electron chi connectivity index (χ0n) is 9.11. The first-order chi connectivity index (χ1) is 7.68. The fourth-order valence-electron chi connectivity index (χ4n) is 2.11. The van der Waals surface area contributed by atoms with E-state index in [0.29, 0.717) is 24.1 Å². The van der Waals surface area contributed by atoms with Gasteiger partial charge in [-0.1, -0.05) is 6.42 Å². The van der Waals surface area contributed by atoms with Gasteiger partial charge >= 0.3 is 0 Å². The highest BCUT2D eigenvalue weighted by molar-refractivity contribution is 6.11. The first-order valence-electron chi connectivity index (χ1n) is 5.61. The standard InChI is InChI=1S/C13H15NO2/c14-10-7-5-9(6-8-10)13(16)11-3-1-2-4-12(11)15/h5-8,11H,1-4,14H2/t11-/m0/s1. The van der Waals surface area contributed by atoms with Gasteiger partial charge in [-0.25, -0.2) is 0 Å². The van der Waals surface area contributed by atoms with Crippen LogP contribution in [0.15, 0.2) is 24.3 Å². The summed E-state index contributed by atoms with van der Waals surface area (Å²) in [7, 11) is 0. The lowest BCUT2D eigenvalue weighted by molar-refractivity contribution is -0.122. The van der Waals surface area contributed by atoms with Crippen molar-refractivity contribution in [3.8, 4) is 0 Å². The number of anilines is 1. The molecule has 0 unspecified atom stereocenters. The zero-order chi connectivity index (χ0) is 11.5. The smallest absolute Gasteiger partial charge is 0.173 e. The third-order valence-corrected chi connectivity index (χ3v) is 3.07. The minimum atomic E-state index is -0.419. The quantitative estimate of drug-likeness (QED) is 0.469. The third kappa shape index (κ3) is 2.13. The number of rotatable bonds is 2. The average Bonchev–Trinajstić information content (AvgIpc) is 2.30. The molecule has 0 spiro atoms. The highest BCUT2D eigenvalue weighted by atomic mass is 16.1. The molecule has 2 N–H and O–H groups in total. The molecule has 3 heteroatoms. The van der Waals surface area contributed by atoms with Crippen LogP contribution in [-0.2, 0) is 4.79 Å². The average molecular weight is 217 g/mol. The lowest BCUT2D eigenvalue weighted by Gasteiger charge is -2.19. The molecule has 1 fully saturated rings. The highest BCUT2D eigenvalue weighted by Gasteiger charge is 2.29. The second kappa shape index (κ2) is 4.47. The summed E-state index contributed by atoms with van der Waals surface area (Å²) in [6.07, 6.45) is 3.13. The molecule has 0 radical (unpaired) electrons. The van der Waals surface area contributed by atoms with E-state index in [1.165, 1.54) is 0 Å². The Morgan fingerprint density at radius 1 is 1.19 bits per heavy atom. The molecule has 1 aliphatic carbocycles. The molecular weight excluding hydrogens is 202 g/mol. The maximum atomic E-state index is 12.1. The van der Waals surface area contributed by atoms with E-state index in [1.807, 2.05) is 0 Å². The van der Waals surface area contributed by atoms with Crippen molar-refractivity contribution >= 4 is 17.3 Å². The molecule has 1 aliphatic rings. The van der Waals surface area contributed by atoms with E-state index in [4.69, 9.17) is 5.73 Å². The van der Waals surface area contributed by atoms with Crippen LogP contribution in [0.25, 0.3) is 0 Å². The summed E-state index contributed by atoms with van der Waals surface area (Å²) in [5.74, 6) is -0.379. The summed E-state index contributed by atoms with van der Waals surface area (Å²) in [6.45, 7) is 0. The van der Waals surface area contributed by atoms with Crippen LogP contribution in [0, 0.1) is 5.92 Å². The Morgan fingerprint density at radius 3 is 2.50 bits per heavy atom. The van der Waals surface area contributed by atoms with Crippen LogP contribution in [-0.4, -0.2) is 11.6 Å². The predicted molar refractivity (Wildman–Crippen MR) is 62.1 cm³/mol. The van der Waals surface area contributed by atoms with Gasteiger partial charge in [0.2, 0.25) is 0 Å². The van der Waals surface area contributed by atoms with E-state index in [-0.39, 0.29) is 11.6 Å². The molecule has 0 bridgehead atoms. The van der Waals surface area contributed by atoms with Crippen molar-refractivity contribution in [1.29, 1.82) is 0 Å². The number of carbonyl (C=O) groups excluding carboxylic acids is 2. The normalized spacial score (nSPS) is 20.8. The van der Waals surface area contributed by atoms with Gasteiger partial charge in [0.1, 0.15) is 5.78 Å². The van der Waals surface area contributed by atoms with Crippen molar-refractivity contribution < 1.29 is 9.59 Å². The molecule has 0 heterocycles. The molecule has 16 heavy (non-hydrogen) atoms. The SMILES string of the molecule is Nc1ccc(C(=O)[C@H]2CCCCC2=O)cc1. The summed E-state index contributed by atoms with van der Waals surface area (Å²) >= 11 is 0. The summed E-state index contributed by atoms with van der Waals surface area (Å²) in [5, 5.41) is 0. The molecule has 0 aliphatic heterocycles. The summed E-state index contributed by atoms with van der Waals surface area (Å²) in [4.78, 5) is 23.7. The second-order valence-corrected chi connectivity index (χ2v) is 4.25. The van der Waals surface area contributed by atoms with Gasteiger partial charge in [0.05, 0.1) is 5.92 Å². The Labute approximate surface area is 94.6 Å². The number of hydrogen-bond acceptors (Lipinski definition) is 3. The van der Waals surface area contributed by atoms with Crippen LogP contribution in [0.4, 0.5) is 5.69 Å². The molecule has 0 aromatic heterocycles. The van der Waals surface area contributed by atoms with Crippen molar-refractivity contribution in [2.75, 3.05) is 5.73 Å². The van der Waals surface area contributed by atoms with Gasteiger partial charge in [0, 0.05) is 17.7 Å². The minimum absolute atomic E-state index is 0.0512. The van der Waals surface area contributed by atoms with Crippen molar-refractivity contribution in [3.63, 3.8) is 0 Å². The van der Waals surface area contributed by atoms with Gasteiger partial charge in [0.15, 0.2) is 5.78 Å². The highest BCUT2D eigenvalue weighted by Crippen LogP contribution is 2.24. The third-order valence-electron chi connectivity index (χ3n) is 3.07. The van der Waals surface area contributed by atoms with Gasteiger partial charge in [-0.05, 0) is 37.1 Å². The monoisotopic (exact) mass is 217 g/mol. The second-order valence-electron chi connectivity index (χ2n) is 4.25. The number of nitrogens with two attached hydrogens (primary N) is 1. The number of ketones is 2. The van der Waals surface area contributed by atoms with Gasteiger partial charge in [0.25, 0.3) is 0 Å². The van der Waals surface area contributed by atoms with Crippen LogP contribution in [0.5, 0.6) is 0 Å². The van der Waals surface area contributed by atoms with Crippen molar-refractivity contribution in [2.24, 2.45) is 5.92 Å². The van der Waals surface area contributed by atoms with Gasteiger partial charge < -0.3 is 5.73 Å². The Hall–Kier alpha value is -1.64. The first kappa shape index (κ1) is 10.9. The van der Waals surface area contributed by atoms with E-state index < -0.39 is 5.92 Å². The lowest BCUT2D eigenvalue weighted by Crippen LogP contribution is -2.27. The van der Waals surface area contributed by atoms with Crippen LogP contribution in [0.3, 0.4) is 0 Å². The Bertz CT molecular complexity index is 408. The molecule has 1 saturated carbocycles. The topological polar surface area (TPSA) is 60.2 Å². The fraction of sp³-hybridized carbons (Fsp3) is 0.385. The number of benzene rings is 1. The summed E-state index contributed by atoms with van der Waals surface area (Å²) in [5.41, 5.74) is 6.78. The molecule has 0 saturated heterocycles. The minimum Gasteiger partial charge on any atom is -0.399 e. The van der Waals surface area contributed by atoms with E-state index in [1.54, 1.807) is 24.3 Å². The van der Waals surface area contributed by atoms with Gasteiger partial charge in [-0.2, -0.15) is 0 Å². The summed E-state index contributed by atoms with van der Waals surface area (Å²) < 4.78 is 0. The maximum Gasteiger partial charge on any atom is 0.173 e. The molecule has 0 amide bonds. The van der Waals surface area contributed by atoms with Crippen LogP contribution in [0.1, 0.15) is 36.0 Å². The zero-order valence-corrected chi connectivity index (χ0v) is 9.11. The largest absolute Gasteiger partial charge is 0.399 e. The summed E-state index contributed by atoms with van der Waals surface area (Å²) in [6, 6.07) is 6.78.